The van der Waals surface area contributed by atoms with E-state index in [4.69, 9.17) is 37.0 Å². The van der Waals surface area contributed by atoms with Crippen LogP contribution in [0.5, 0.6) is 0 Å². The van der Waals surface area contributed by atoms with Crippen LogP contribution in [0.3, 0.4) is 0 Å². The number of esters is 4. The zero-order valence-corrected chi connectivity index (χ0v) is 58.3. The van der Waals surface area contributed by atoms with Crippen molar-refractivity contribution >= 4 is 39.5 Å². The largest absolute Gasteiger partial charge is 0.472 e. The number of allylic oxidation sites excluding steroid dienone is 4. The Kier molecular flexibility index (Phi) is 59.1. The van der Waals surface area contributed by atoms with Crippen LogP contribution in [0.4, 0.5) is 0 Å². The SMILES string of the molecule is CCCCCC/C=C\C=C/CCCCCCCC(=O)O[C@H](COC(=O)CCCCCCCCCCC(C)CC)COP(=O)(O)OC[C@@H](O)COP(=O)(O)OC[C@@H](COC(=O)CCCCCCCCCCC)OC(=O)CCCCCCCCCCC(C)CC. The van der Waals surface area contributed by atoms with Crippen LogP contribution in [0, 0.1) is 11.8 Å². The standard InChI is InChI=1S/C69H130O17P2/c1-7-11-13-15-17-19-20-21-22-23-24-26-35-41-47-53-68(73)85-64(58-80-67(72)52-46-40-34-29-27-31-37-43-49-61(5)9-3)59-83-87(75,76)81-55-63(70)56-82-88(77,78)84-60-65(57-79-66(71)51-45-39-33-25-18-16-14-12-8-2)86-69(74)54-48-42-36-30-28-32-38-44-50-62(6)10-4/h19-22,61-65,70H,7-18,23-60H2,1-6H3,(H,75,76)(H,77,78)/b20-19-,22-21-/t61?,62?,63-,64-,65-/m1/s1. The third-order valence-electron chi connectivity index (χ3n) is 16.1. The number of carbonyl (C=O) groups excluding carboxylic acids is 4. The van der Waals surface area contributed by atoms with Gasteiger partial charge in [0.25, 0.3) is 0 Å². The molecule has 0 rings (SSSR count). The number of aliphatic hydroxyl groups is 1. The Bertz CT molecular complexity index is 1810. The Hall–Kier alpha value is -2.46. The molecule has 0 aliphatic rings. The topological polar surface area (TPSA) is 237 Å². The van der Waals surface area contributed by atoms with Crippen molar-refractivity contribution in [3.63, 3.8) is 0 Å². The fraction of sp³-hybridized carbons (Fsp3) is 0.884. The van der Waals surface area contributed by atoms with E-state index < -0.39 is 97.5 Å². The fourth-order valence-corrected chi connectivity index (χ4v) is 11.4. The fourth-order valence-electron chi connectivity index (χ4n) is 9.81. The molecule has 0 heterocycles. The Morgan fingerprint density at radius 2 is 0.636 bits per heavy atom. The van der Waals surface area contributed by atoms with Crippen LogP contribution in [0.2, 0.25) is 0 Å². The molecule has 0 saturated heterocycles. The normalized spacial score (nSPS) is 15.0. The van der Waals surface area contributed by atoms with Gasteiger partial charge in [-0.05, 0) is 63.2 Å². The van der Waals surface area contributed by atoms with Gasteiger partial charge in [0.05, 0.1) is 26.4 Å². The highest BCUT2D eigenvalue weighted by Gasteiger charge is 2.30. The highest BCUT2D eigenvalue weighted by molar-refractivity contribution is 7.47. The molecule has 0 aliphatic heterocycles. The zero-order valence-electron chi connectivity index (χ0n) is 56.5. The molecule has 0 aromatic heterocycles. The molecule has 0 amide bonds. The van der Waals surface area contributed by atoms with Gasteiger partial charge in [-0.3, -0.25) is 37.3 Å². The Labute approximate surface area is 535 Å². The number of hydrogen-bond donors (Lipinski definition) is 3. The number of phosphoric ester groups is 2. The number of hydrogen-bond acceptors (Lipinski definition) is 15. The van der Waals surface area contributed by atoms with Crippen molar-refractivity contribution in [3.8, 4) is 0 Å². The van der Waals surface area contributed by atoms with E-state index in [0.29, 0.717) is 25.7 Å². The second-order valence-corrected chi connectivity index (χ2v) is 27.6. The average Bonchev–Trinajstić information content (AvgIpc) is 3.67. The van der Waals surface area contributed by atoms with Crippen molar-refractivity contribution in [2.75, 3.05) is 39.6 Å². The Morgan fingerprint density at radius 3 is 0.966 bits per heavy atom. The summed E-state index contributed by atoms with van der Waals surface area (Å²) in [7, 11) is -9.91. The van der Waals surface area contributed by atoms with Gasteiger partial charge in [-0.25, -0.2) is 9.13 Å². The first-order valence-electron chi connectivity index (χ1n) is 35.4. The molecular weight excluding hydrogens is 1160 g/mol. The average molecular weight is 1290 g/mol. The lowest BCUT2D eigenvalue weighted by atomic mass is 9.99. The molecule has 0 fully saturated rings. The van der Waals surface area contributed by atoms with E-state index in [0.717, 1.165) is 115 Å². The lowest BCUT2D eigenvalue weighted by Gasteiger charge is -2.21. The molecule has 4 unspecified atom stereocenters. The molecule has 3 N–H and O–H groups in total. The Morgan fingerprint density at radius 1 is 0.364 bits per heavy atom. The number of unbranched alkanes of at least 4 members (excludes halogenated alkanes) is 31. The molecule has 518 valence electrons. The van der Waals surface area contributed by atoms with Crippen LogP contribution < -0.4 is 0 Å². The molecule has 0 bridgehead atoms. The van der Waals surface area contributed by atoms with E-state index in [9.17, 15) is 43.2 Å². The summed E-state index contributed by atoms with van der Waals surface area (Å²) in [5.41, 5.74) is 0. The van der Waals surface area contributed by atoms with Crippen LogP contribution in [-0.2, 0) is 65.4 Å². The summed E-state index contributed by atoms with van der Waals surface area (Å²) >= 11 is 0. The van der Waals surface area contributed by atoms with Crippen LogP contribution in [0.25, 0.3) is 0 Å². The van der Waals surface area contributed by atoms with Crippen molar-refractivity contribution < 1.29 is 80.2 Å². The summed E-state index contributed by atoms with van der Waals surface area (Å²) in [5, 5.41) is 10.6. The molecule has 88 heavy (non-hydrogen) atoms. The first kappa shape index (κ1) is 85.5. The molecule has 0 spiro atoms. The van der Waals surface area contributed by atoms with Gasteiger partial charge in [-0.2, -0.15) is 0 Å². The first-order valence-corrected chi connectivity index (χ1v) is 38.4. The molecule has 0 aliphatic carbocycles. The molecule has 17 nitrogen and oxygen atoms in total. The Balaban J connectivity index is 5.29. The van der Waals surface area contributed by atoms with E-state index >= 15 is 0 Å². The van der Waals surface area contributed by atoms with E-state index in [-0.39, 0.29) is 25.7 Å². The summed E-state index contributed by atoms with van der Waals surface area (Å²) in [6, 6.07) is 0. The third-order valence-corrected chi connectivity index (χ3v) is 18.0. The lowest BCUT2D eigenvalue weighted by molar-refractivity contribution is -0.161. The highest BCUT2D eigenvalue weighted by Crippen LogP contribution is 2.45. The van der Waals surface area contributed by atoms with Gasteiger partial charge >= 0.3 is 39.5 Å². The summed E-state index contributed by atoms with van der Waals surface area (Å²) in [5.74, 6) is -0.617. The molecule has 19 heteroatoms. The van der Waals surface area contributed by atoms with E-state index in [2.05, 4.69) is 65.8 Å². The summed E-state index contributed by atoms with van der Waals surface area (Å²) in [6.07, 6.45) is 47.9. The molecule has 7 atom stereocenters. The molecule has 0 aromatic carbocycles. The number of rotatable bonds is 66. The van der Waals surface area contributed by atoms with Gasteiger partial charge < -0.3 is 33.8 Å². The quantitative estimate of drug-likeness (QED) is 0.0169. The van der Waals surface area contributed by atoms with Crippen molar-refractivity contribution in [3.05, 3.63) is 24.3 Å². The second kappa shape index (κ2) is 60.8. The van der Waals surface area contributed by atoms with Crippen molar-refractivity contribution in [1.29, 1.82) is 0 Å². The van der Waals surface area contributed by atoms with E-state index in [1.807, 2.05) is 0 Å². The van der Waals surface area contributed by atoms with Gasteiger partial charge in [-0.15, -0.1) is 0 Å². The maximum Gasteiger partial charge on any atom is 0.472 e. The van der Waals surface area contributed by atoms with Crippen molar-refractivity contribution in [2.24, 2.45) is 11.8 Å². The minimum absolute atomic E-state index is 0.0843. The zero-order chi connectivity index (χ0) is 65.0. The van der Waals surface area contributed by atoms with Crippen LogP contribution >= 0.6 is 15.6 Å². The van der Waals surface area contributed by atoms with E-state index in [1.54, 1.807) is 0 Å². The van der Waals surface area contributed by atoms with Crippen LogP contribution in [-0.4, -0.2) is 96.7 Å². The van der Waals surface area contributed by atoms with Gasteiger partial charge in [0.1, 0.15) is 19.3 Å². The maximum atomic E-state index is 13.0. The minimum atomic E-state index is -4.96. The monoisotopic (exact) mass is 1290 g/mol. The minimum Gasteiger partial charge on any atom is -0.462 e. The third kappa shape index (κ3) is 59.8. The number of phosphoric acid groups is 2. The molecule has 0 saturated carbocycles. The molecule has 0 radical (unpaired) electrons. The second-order valence-electron chi connectivity index (χ2n) is 24.7. The summed E-state index contributed by atoms with van der Waals surface area (Å²) in [4.78, 5) is 72.4. The highest BCUT2D eigenvalue weighted by atomic mass is 31.2. The van der Waals surface area contributed by atoms with E-state index in [1.165, 1.54) is 128 Å². The number of carbonyl (C=O) groups is 4. The predicted molar refractivity (Wildman–Crippen MR) is 354 cm³/mol. The number of aliphatic hydroxyl groups excluding tert-OH is 1. The smallest absolute Gasteiger partial charge is 0.462 e. The van der Waals surface area contributed by atoms with Crippen LogP contribution in [0.1, 0.15) is 324 Å². The summed E-state index contributed by atoms with van der Waals surface area (Å²) in [6.45, 7) is 9.45. The van der Waals surface area contributed by atoms with Crippen molar-refractivity contribution in [2.45, 2.75) is 342 Å². The van der Waals surface area contributed by atoms with Crippen molar-refractivity contribution in [1.82, 2.24) is 0 Å². The molecule has 0 aromatic rings. The van der Waals surface area contributed by atoms with Gasteiger partial charge in [-0.1, -0.05) is 271 Å². The predicted octanol–water partition coefficient (Wildman–Crippen LogP) is 19.2. The van der Waals surface area contributed by atoms with Crippen LogP contribution in [0.15, 0.2) is 24.3 Å². The van der Waals surface area contributed by atoms with Gasteiger partial charge in [0, 0.05) is 25.7 Å². The lowest BCUT2D eigenvalue weighted by Crippen LogP contribution is -2.30. The van der Waals surface area contributed by atoms with Gasteiger partial charge in [0.15, 0.2) is 12.2 Å². The van der Waals surface area contributed by atoms with Gasteiger partial charge in [0.2, 0.25) is 0 Å². The first-order chi connectivity index (χ1) is 42.4. The number of ether oxygens (including phenoxy) is 4. The summed E-state index contributed by atoms with van der Waals surface area (Å²) < 4.78 is 68.2. The maximum absolute atomic E-state index is 13.0. The molecular formula is C69H130O17P2.